The molecule has 1 saturated heterocycles. The number of benzene rings is 1. The average molecular weight is 349 g/mol. The first-order valence-corrected chi connectivity index (χ1v) is 8.84. The van der Waals surface area contributed by atoms with Gasteiger partial charge in [-0.1, -0.05) is 18.6 Å². The van der Waals surface area contributed by atoms with Gasteiger partial charge < -0.3 is 20.3 Å². The molecule has 6 nitrogen and oxygen atoms in total. The van der Waals surface area contributed by atoms with Crippen molar-refractivity contribution in [2.45, 2.75) is 31.7 Å². The Hall–Kier alpha value is -2.15. The molecule has 2 fully saturated rings. The van der Waals surface area contributed by atoms with E-state index in [9.17, 15) is 14.0 Å². The van der Waals surface area contributed by atoms with Gasteiger partial charge in [-0.15, -0.1) is 0 Å². The van der Waals surface area contributed by atoms with Gasteiger partial charge in [-0.3, -0.25) is 4.79 Å². The largest absolute Gasteiger partial charge is 0.380 e. The van der Waals surface area contributed by atoms with E-state index in [0.717, 1.165) is 19.3 Å². The van der Waals surface area contributed by atoms with Gasteiger partial charge in [0.25, 0.3) is 0 Å². The van der Waals surface area contributed by atoms with Crippen LogP contribution in [-0.2, 0) is 9.53 Å². The molecule has 0 spiro atoms. The van der Waals surface area contributed by atoms with Gasteiger partial charge >= 0.3 is 6.03 Å². The maximum absolute atomic E-state index is 13.8. The summed E-state index contributed by atoms with van der Waals surface area (Å²) in [5, 5.41) is 5.53. The zero-order chi connectivity index (χ0) is 17.6. The van der Waals surface area contributed by atoms with Gasteiger partial charge in [-0.25, -0.2) is 9.18 Å². The zero-order valence-corrected chi connectivity index (χ0v) is 14.2. The van der Waals surface area contributed by atoms with E-state index in [2.05, 4.69) is 10.6 Å². The number of halogens is 1. The van der Waals surface area contributed by atoms with Crippen LogP contribution in [0.2, 0.25) is 0 Å². The monoisotopic (exact) mass is 349 g/mol. The first kappa shape index (κ1) is 17.7. The molecule has 1 heterocycles. The van der Waals surface area contributed by atoms with Crippen LogP contribution in [0.4, 0.5) is 14.9 Å². The number of hydrogen-bond acceptors (Lipinski definition) is 3. The van der Waals surface area contributed by atoms with Crippen LogP contribution in [0.15, 0.2) is 24.3 Å². The van der Waals surface area contributed by atoms with E-state index in [1.165, 1.54) is 12.1 Å². The average Bonchev–Trinajstić information content (AvgIpc) is 3.07. The van der Waals surface area contributed by atoms with Crippen LogP contribution >= 0.6 is 0 Å². The van der Waals surface area contributed by atoms with Crippen molar-refractivity contribution >= 4 is 17.6 Å². The molecule has 0 aromatic heterocycles. The summed E-state index contributed by atoms with van der Waals surface area (Å²) < 4.78 is 19.3. The number of ether oxygens (including phenoxy) is 1. The highest BCUT2D eigenvalue weighted by Crippen LogP contribution is 2.31. The van der Waals surface area contributed by atoms with E-state index < -0.39 is 5.82 Å². The first-order chi connectivity index (χ1) is 12.2. The molecule has 1 aliphatic carbocycles. The molecule has 3 rings (SSSR count). The fourth-order valence-corrected chi connectivity index (χ4v) is 3.60. The molecule has 7 heteroatoms. The second kappa shape index (κ2) is 8.29. The smallest absolute Gasteiger partial charge is 0.322 e. The van der Waals surface area contributed by atoms with Crippen LogP contribution in [0.5, 0.6) is 0 Å². The van der Waals surface area contributed by atoms with Gasteiger partial charge in [-0.2, -0.15) is 0 Å². The Morgan fingerprint density at radius 1 is 1.24 bits per heavy atom. The van der Waals surface area contributed by atoms with Gasteiger partial charge in [0.05, 0.1) is 18.2 Å². The van der Waals surface area contributed by atoms with Crippen molar-refractivity contribution in [2.75, 3.05) is 31.6 Å². The summed E-state index contributed by atoms with van der Waals surface area (Å²) >= 11 is 0. The van der Waals surface area contributed by atoms with E-state index in [-0.39, 0.29) is 29.6 Å². The minimum atomic E-state index is -0.474. The van der Waals surface area contributed by atoms with E-state index in [1.54, 1.807) is 17.0 Å². The lowest BCUT2D eigenvalue weighted by Crippen LogP contribution is -2.49. The minimum absolute atomic E-state index is 0.0308. The van der Waals surface area contributed by atoms with Crippen molar-refractivity contribution in [2.24, 2.45) is 5.92 Å². The molecule has 2 N–H and O–H groups in total. The lowest BCUT2D eigenvalue weighted by molar-refractivity contribution is -0.126. The van der Waals surface area contributed by atoms with Crippen molar-refractivity contribution in [3.63, 3.8) is 0 Å². The Balaban J connectivity index is 1.78. The first-order valence-electron chi connectivity index (χ1n) is 8.84. The molecule has 2 unspecified atom stereocenters. The predicted molar refractivity (Wildman–Crippen MR) is 91.7 cm³/mol. The predicted octanol–water partition coefficient (Wildman–Crippen LogP) is 2.36. The Kier molecular flexibility index (Phi) is 5.86. The Bertz CT molecular complexity index is 625. The molecular weight excluding hydrogens is 325 g/mol. The molecule has 1 saturated carbocycles. The lowest BCUT2D eigenvalue weighted by atomic mass is 10.0. The quantitative estimate of drug-likeness (QED) is 0.818. The Labute approximate surface area is 146 Å². The summed E-state index contributed by atoms with van der Waals surface area (Å²) in [6.45, 7) is 1.97. The summed E-state index contributed by atoms with van der Waals surface area (Å²) in [5.74, 6) is -0.723. The summed E-state index contributed by atoms with van der Waals surface area (Å²) in [4.78, 5) is 26.9. The Morgan fingerprint density at radius 2 is 2.08 bits per heavy atom. The van der Waals surface area contributed by atoms with Crippen molar-refractivity contribution in [3.8, 4) is 0 Å². The summed E-state index contributed by atoms with van der Waals surface area (Å²) in [5.41, 5.74) is 0.150. The molecule has 3 amide bonds. The van der Waals surface area contributed by atoms with Crippen molar-refractivity contribution in [1.82, 2.24) is 10.2 Å². The fourth-order valence-electron chi connectivity index (χ4n) is 3.60. The number of rotatable bonds is 1. The van der Waals surface area contributed by atoms with Gasteiger partial charge in [-0.05, 0) is 31.4 Å². The highest BCUT2D eigenvalue weighted by molar-refractivity contribution is 5.90. The number of anilines is 1. The number of nitrogens with zero attached hydrogens (tertiary/aromatic N) is 1. The molecule has 1 aliphatic heterocycles. The van der Waals surface area contributed by atoms with E-state index in [1.807, 2.05) is 0 Å². The number of para-hydroxylation sites is 1. The molecule has 0 bridgehead atoms. The van der Waals surface area contributed by atoms with Crippen LogP contribution < -0.4 is 10.6 Å². The third-order valence-corrected chi connectivity index (χ3v) is 4.83. The standard InChI is InChI=1S/C18H24FN3O3/c19-14-6-1-2-7-15(14)21-18(24)22-10-4-11-25-12-9-20-17(23)13-5-3-8-16(13)22/h1-2,6-7,13,16H,3-5,8-12H2,(H,20,23)(H,21,24). The topological polar surface area (TPSA) is 70.7 Å². The van der Waals surface area contributed by atoms with Gasteiger partial charge in [0.15, 0.2) is 0 Å². The highest BCUT2D eigenvalue weighted by Gasteiger charge is 2.38. The maximum Gasteiger partial charge on any atom is 0.322 e. The normalized spacial score (nSPS) is 24.8. The number of fused-ring (bicyclic) bond motifs is 1. The molecular formula is C18H24FN3O3. The van der Waals surface area contributed by atoms with Crippen molar-refractivity contribution in [3.05, 3.63) is 30.1 Å². The van der Waals surface area contributed by atoms with Crippen molar-refractivity contribution in [1.29, 1.82) is 0 Å². The zero-order valence-electron chi connectivity index (χ0n) is 14.2. The summed E-state index contributed by atoms with van der Waals surface area (Å²) in [6, 6.07) is 5.56. The van der Waals surface area contributed by atoms with Crippen LogP contribution in [-0.4, -0.2) is 49.2 Å². The van der Waals surface area contributed by atoms with Crippen LogP contribution in [0, 0.1) is 11.7 Å². The fraction of sp³-hybridized carbons (Fsp3) is 0.556. The number of urea groups is 1. The van der Waals surface area contributed by atoms with E-state index in [4.69, 9.17) is 4.74 Å². The van der Waals surface area contributed by atoms with Gasteiger partial charge in [0.2, 0.25) is 5.91 Å². The minimum Gasteiger partial charge on any atom is -0.380 e. The number of hydrogen-bond donors (Lipinski definition) is 2. The molecule has 1 aromatic rings. The third kappa shape index (κ3) is 4.28. The maximum atomic E-state index is 13.8. The van der Waals surface area contributed by atoms with Gasteiger partial charge in [0, 0.05) is 25.7 Å². The summed E-state index contributed by atoms with van der Waals surface area (Å²) in [7, 11) is 0. The summed E-state index contributed by atoms with van der Waals surface area (Å²) in [6.07, 6.45) is 3.13. The number of carbonyl (C=O) groups excluding carboxylic acids is 2. The Morgan fingerprint density at radius 3 is 2.92 bits per heavy atom. The van der Waals surface area contributed by atoms with E-state index >= 15 is 0 Å². The van der Waals surface area contributed by atoms with Gasteiger partial charge in [0.1, 0.15) is 5.82 Å². The lowest BCUT2D eigenvalue weighted by Gasteiger charge is -2.32. The highest BCUT2D eigenvalue weighted by atomic mass is 19.1. The number of nitrogens with one attached hydrogen (secondary N) is 2. The molecule has 2 atom stereocenters. The number of amides is 3. The van der Waals surface area contributed by atoms with Crippen molar-refractivity contribution < 1.29 is 18.7 Å². The van der Waals surface area contributed by atoms with Crippen LogP contribution in [0.1, 0.15) is 25.7 Å². The van der Waals surface area contributed by atoms with E-state index in [0.29, 0.717) is 32.7 Å². The molecule has 2 aliphatic rings. The molecule has 0 radical (unpaired) electrons. The SMILES string of the molecule is O=C1NCCOCCCN(C(=O)Nc2ccccc2F)C2CCCC12. The molecule has 25 heavy (non-hydrogen) atoms. The third-order valence-electron chi connectivity index (χ3n) is 4.83. The van der Waals surface area contributed by atoms with Crippen LogP contribution in [0.3, 0.4) is 0 Å². The second-order valence-electron chi connectivity index (χ2n) is 6.47. The second-order valence-corrected chi connectivity index (χ2v) is 6.47. The molecule has 1 aromatic carbocycles. The molecule has 136 valence electrons. The number of carbonyl (C=O) groups is 2. The van der Waals surface area contributed by atoms with Crippen LogP contribution in [0.25, 0.3) is 0 Å².